The summed E-state index contributed by atoms with van der Waals surface area (Å²) >= 11 is 0. The molecule has 0 saturated carbocycles. The zero-order valence-corrected chi connectivity index (χ0v) is 8.90. The highest BCUT2D eigenvalue weighted by Gasteiger charge is 2.15. The Morgan fingerprint density at radius 3 is 2.81 bits per heavy atom. The molecule has 0 bridgehead atoms. The normalized spacial score (nSPS) is 9.25. The molecule has 0 spiro atoms. The lowest BCUT2D eigenvalue weighted by molar-refractivity contribution is 0.0692. The lowest BCUT2D eigenvalue weighted by Crippen LogP contribution is -2.06. The van der Waals surface area contributed by atoms with Gasteiger partial charge in [-0.05, 0) is 19.1 Å². The summed E-state index contributed by atoms with van der Waals surface area (Å²) in [6.45, 7) is 2.23. The van der Waals surface area contributed by atoms with Gasteiger partial charge in [-0.25, -0.2) is 4.79 Å². The standard InChI is InChI=1S/C12H12O4/c1-3-8-16-11-9(12(13)14)6-5-7-10(11)15-4-2/h1,5-7H,4,8H2,2H3,(H,13,14). The van der Waals surface area contributed by atoms with Gasteiger partial charge in [0, 0.05) is 0 Å². The lowest BCUT2D eigenvalue weighted by atomic mass is 10.2. The van der Waals surface area contributed by atoms with Crippen LogP contribution in [0.5, 0.6) is 11.5 Å². The van der Waals surface area contributed by atoms with Crippen LogP contribution in [0, 0.1) is 12.3 Å². The van der Waals surface area contributed by atoms with Crippen LogP contribution in [0.2, 0.25) is 0 Å². The summed E-state index contributed by atoms with van der Waals surface area (Å²) in [6, 6.07) is 4.68. The number of benzene rings is 1. The fraction of sp³-hybridized carbons (Fsp3) is 0.250. The second-order valence-corrected chi connectivity index (χ2v) is 2.86. The van der Waals surface area contributed by atoms with Gasteiger partial charge in [0.15, 0.2) is 11.5 Å². The number of hydrogen-bond acceptors (Lipinski definition) is 3. The Morgan fingerprint density at radius 2 is 2.25 bits per heavy atom. The molecule has 0 radical (unpaired) electrons. The average Bonchev–Trinajstić information content (AvgIpc) is 2.27. The van der Waals surface area contributed by atoms with E-state index in [4.69, 9.17) is 21.0 Å². The first-order valence-corrected chi connectivity index (χ1v) is 4.76. The van der Waals surface area contributed by atoms with Crippen LogP contribution in [0.1, 0.15) is 17.3 Å². The summed E-state index contributed by atoms with van der Waals surface area (Å²) < 4.78 is 10.5. The number of carboxylic acid groups (broad SMARTS) is 1. The third kappa shape index (κ3) is 2.67. The molecule has 1 N–H and O–H groups in total. The second-order valence-electron chi connectivity index (χ2n) is 2.86. The Labute approximate surface area is 93.8 Å². The summed E-state index contributed by atoms with van der Waals surface area (Å²) in [5, 5.41) is 8.97. The maximum absolute atomic E-state index is 11.0. The van der Waals surface area contributed by atoms with Gasteiger partial charge in [0.25, 0.3) is 0 Å². The van der Waals surface area contributed by atoms with Crippen molar-refractivity contribution in [3.05, 3.63) is 23.8 Å². The molecule has 1 rings (SSSR count). The van der Waals surface area contributed by atoms with E-state index in [0.29, 0.717) is 12.4 Å². The fourth-order valence-electron chi connectivity index (χ4n) is 1.22. The van der Waals surface area contributed by atoms with Crippen molar-refractivity contribution in [3.8, 4) is 23.8 Å². The molecule has 4 heteroatoms. The predicted octanol–water partition coefficient (Wildman–Crippen LogP) is 1.80. The molecule has 0 atom stereocenters. The van der Waals surface area contributed by atoms with E-state index < -0.39 is 5.97 Å². The van der Waals surface area contributed by atoms with Crippen LogP contribution in [0.4, 0.5) is 0 Å². The Morgan fingerprint density at radius 1 is 1.50 bits per heavy atom. The van der Waals surface area contributed by atoms with Crippen LogP contribution < -0.4 is 9.47 Å². The van der Waals surface area contributed by atoms with Crippen molar-refractivity contribution in [2.45, 2.75) is 6.92 Å². The minimum atomic E-state index is -1.08. The van der Waals surface area contributed by atoms with E-state index in [0.717, 1.165) is 0 Å². The van der Waals surface area contributed by atoms with Gasteiger partial charge >= 0.3 is 5.97 Å². The molecule has 84 valence electrons. The van der Waals surface area contributed by atoms with Crippen molar-refractivity contribution in [2.75, 3.05) is 13.2 Å². The molecule has 1 aromatic rings. The minimum Gasteiger partial charge on any atom is -0.490 e. The monoisotopic (exact) mass is 220 g/mol. The maximum atomic E-state index is 11.0. The van der Waals surface area contributed by atoms with E-state index in [1.807, 2.05) is 0 Å². The van der Waals surface area contributed by atoms with Crippen LogP contribution >= 0.6 is 0 Å². The van der Waals surface area contributed by atoms with Crippen LogP contribution in [0.3, 0.4) is 0 Å². The van der Waals surface area contributed by atoms with E-state index in [9.17, 15) is 4.79 Å². The van der Waals surface area contributed by atoms with Gasteiger partial charge in [-0.3, -0.25) is 0 Å². The lowest BCUT2D eigenvalue weighted by Gasteiger charge is -2.12. The first-order chi connectivity index (χ1) is 7.70. The molecule has 0 unspecified atom stereocenters. The molecule has 0 aliphatic carbocycles. The molecule has 16 heavy (non-hydrogen) atoms. The third-order valence-corrected chi connectivity index (χ3v) is 1.81. The highest BCUT2D eigenvalue weighted by molar-refractivity contribution is 5.92. The average molecular weight is 220 g/mol. The molecule has 0 aromatic heterocycles. The summed E-state index contributed by atoms with van der Waals surface area (Å²) in [5.74, 6) is 1.77. The van der Waals surface area contributed by atoms with Crippen LogP contribution in [-0.2, 0) is 0 Å². The van der Waals surface area contributed by atoms with Gasteiger partial charge in [-0.15, -0.1) is 6.42 Å². The molecule has 0 fully saturated rings. The van der Waals surface area contributed by atoms with Gasteiger partial charge in [-0.2, -0.15) is 0 Å². The van der Waals surface area contributed by atoms with Crippen molar-refractivity contribution in [1.82, 2.24) is 0 Å². The Balaban J connectivity index is 3.13. The minimum absolute atomic E-state index is 0.00433. The SMILES string of the molecule is C#CCOc1c(OCC)cccc1C(=O)O. The molecular formula is C12H12O4. The smallest absolute Gasteiger partial charge is 0.339 e. The highest BCUT2D eigenvalue weighted by atomic mass is 16.5. The van der Waals surface area contributed by atoms with E-state index >= 15 is 0 Å². The molecule has 0 saturated heterocycles. The number of carbonyl (C=O) groups is 1. The van der Waals surface area contributed by atoms with E-state index in [-0.39, 0.29) is 17.9 Å². The van der Waals surface area contributed by atoms with Gasteiger partial charge in [0.1, 0.15) is 12.2 Å². The predicted molar refractivity (Wildman–Crippen MR) is 58.9 cm³/mol. The van der Waals surface area contributed by atoms with Gasteiger partial charge in [0.2, 0.25) is 0 Å². The van der Waals surface area contributed by atoms with Crippen molar-refractivity contribution in [1.29, 1.82) is 0 Å². The second kappa shape index (κ2) is 5.66. The van der Waals surface area contributed by atoms with Crippen LogP contribution in [-0.4, -0.2) is 24.3 Å². The van der Waals surface area contributed by atoms with E-state index in [2.05, 4.69) is 5.92 Å². The Kier molecular flexibility index (Phi) is 4.22. The van der Waals surface area contributed by atoms with Crippen LogP contribution in [0.25, 0.3) is 0 Å². The molecular weight excluding hydrogens is 208 g/mol. The number of aromatic carboxylic acids is 1. The molecule has 0 heterocycles. The first-order valence-electron chi connectivity index (χ1n) is 4.76. The van der Waals surface area contributed by atoms with Crippen molar-refractivity contribution >= 4 is 5.97 Å². The summed E-state index contributed by atoms with van der Waals surface area (Å²) in [4.78, 5) is 11.0. The first kappa shape index (κ1) is 11.9. The highest BCUT2D eigenvalue weighted by Crippen LogP contribution is 2.31. The summed E-state index contributed by atoms with van der Waals surface area (Å²) in [5.41, 5.74) is 0.0428. The maximum Gasteiger partial charge on any atom is 0.339 e. The van der Waals surface area contributed by atoms with Gasteiger partial charge < -0.3 is 14.6 Å². The molecule has 0 aliphatic heterocycles. The van der Waals surface area contributed by atoms with Gasteiger partial charge in [0.05, 0.1) is 6.61 Å². The van der Waals surface area contributed by atoms with Crippen molar-refractivity contribution in [2.24, 2.45) is 0 Å². The molecule has 4 nitrogen and oxygen atoms in total. The van der Waals surface area contributed by atoms with E-state index in [1.54, 1.807) is 19.1 Å². The number of ether oxygens (including phenoxy) is 2. The summed E-state index contributed by atoms with van der Waals surface area (Å²) in [6.07, 6.45) is 5.06. The third-order valence-electron chi connectivity index (χ3n) is 1.81. The number of para-hydroxylation sites is 1. The Hall–Kier alpha value is -2.15. The van der Waals surface area contributed by atoms with Crippen LogP contribution in [0.15, 0.2) is 18.2 Å². The topological polar surface area (TPSA) is 55.8 Å². The van der Waals surface area contributed by atoms with Crippen molar-refractivity contribution in [3.63, 3.8) is 0 Å². The number of terminal acetylenes is 1. The number of hydrogen-bond donors (Lipinski definition) is 1. The fourth-order valence-corrected chi connectivity index (χ4v) is 1.22. The largest absolute Gasteiger partial charge is 0.490 e. The van der Waals surface area contributed by atoms with Crippen molar-refractivity contribution < 1.29 is 19.4 Å². The molecule has 0 amide bonds. The zero-order chi connectivity index (χ0) is 12.0. The quantitative estimate of drug-likeness (QED) is 0.769. The van der Waals surface area contributed by atoms with E-state index in [1.165, 1.54) is 6.07 Å². The summed E-state index contributed by atoms with van der Waals surface area (Å²) in [7, 11) is 0. The van der Waals surface area contributed by atoms with Gasteiger partial charge in [-0.1, -0.05) is 12.0 Å². The Bertz CT molecular complexity index is 418. The molecule has 0 aliphatic rings. The number of rotatable bonds is 5. The molecule has 1 aromatic carbocycles. The zero-order valence-electron chi connectivity index (χ0n) is 8.90. The number of carboxylic acids is 1.